The van der Waals surface area contributed by atoms with Crippen molar-refractivity contribution in [3.63, 3.8) is 0 Å². The number of hydrogen-bond donors (Lipinski definition) is 0. The van der Waals surface area contributed by atoms with Crippen molar-refractivity contribution in [1.82, 2.24) is 4.57 Å². The summed E-state index contributed by atoms with van der Waals surface area (Å²) < 4.78 is 24.1. The van der Waals surface area contributed by atoms with Crippen LogP contribution in [0.4, 0.5) is 0 Å². The van der Waals surface area contributed by atoms with Crippen LogP contribution in [0.1, 0.15) is 28.5 Å². The monoisotopic (exact) mass is 455 g/mol. The Morgan fingerprint density at radius 3 is 2.47 bits per heavy atom. The van der Waals surface area contributed by atoms with Crippen LogP contribution in [0.15, 0.2) is 36.4 Å². The molecule has 7 heteroatoms. The van der Waals surface area contributed by atoms with Crippen LogP contribution in [0.5, 0.6) is 17.2 Å². The second kappa shape index (κ2) is 9.17. The first kappa shape index (κ1) is 22.1. The first-order chi connectivity index (χ1) is 15.6. The smallest absolute Gasteiger partial charge is 0.340 e. The molecule has 1 aromatic heterocycles. The summed E-state index contributed by atoms with van der Waals surface area (Å²) in [4.78, 5) is 13.3. The summed E-state index contributed by atoms with van der Waals surface area (Å²) in [5, 5.41) is 0. The van der Waals surface area contributed by atoms with Gasteiger partial charge in [-0.25, -0.2) is 4.79 Å². The van der Waals surface area contributed by atoms with E-state index in [0.29, 0.717) is 29.4 Å². The van der Waals surface area contributed by atoms with Crippen LogP contribution in [0, 0.1) is 0 Å². The van der Waals surface area contributed by atoms with Gasteiger partial charge in [-0.1, -0.05) is 12.1 Å². The lowest BCUT2D eigenvalue weighted by molar-refractivity contribution is 0.0528. The number of benzene rings is 2. The highest BCUT2D eigenvalue weighted by Gasteiger charge is 2.33. The van der Waals surface area contributed by atoms with Crippen LogP contribution in [-0.2, 0) is 23.6 Å². The normalized spacial score (nSPS) is 12.0. The predicted molar refractivity (Wildman–Crippen MR) is 124 cm³/mol. The maximum absolute atomic E-state index is 13.3. The van der Waals surface area contributed by atoms with Crippen LogP contribution in [0.2, 0.25) is 0 Å². The van der Waals surface area contributed by atoms with Crippen molar-refractivity contribution in [3.05, 3.63) is 53.2 Å². The van der Waals surface area contributed by atoms with E-state index in [1.807, 2.05) is 36.4 Å². The number of aromatic nitrogens is 1. The van der Waals surface area contributed by atoms with Crippen LogP contribution >= 0.6 is 11.6 Å². The molecule has 0 N–H and O–H groups in total. The maximum atomic E-state index is 13.3. The van der Waals surface area contributed by atoms with Crippen molar-refractivity contribution in [2.75, 3.05) is 27.9 Å². The van der Waals surface area contributed by atoms with Gasteiger partial charge in [0.1, 0.15) is 5.75 Å². The highest BCUT2D eigenvalue weighted by Crippen LogP contribution is 2.46. The van der Waals surface area contributed by atoms with Gasteiger partial charge in [-0.3, -0.25) is 0 Å². The molecule has 6 nitrogen and oxygen atoms in total. The van der Waals surface area contributed by atoms with E-state index in [2.05, 4.69) is 4.57 Å². The zero-order valence-electron chi connectivity index (χ0n) is 18.7. The Morgan fingerprint density at radius 1 is 1.06 bits per heavy atom. The number of carbonyl (C=O) groups is 1. The van der Waals surface area contributed by atoms with Crippen LogP contribution in [0.25, 0.3) is 22.4 Å². The Hall–Kier alpha value is -3.12. The van der Waals surface area contributed by atoms with E-state index in [9.17, 15) is 4.79 Å². The van der Waals surface area contributed by atoms with Crippen molar-refractivity contribution in [1.29, 1.82) is 0 Å². The summed E-state index contributed by atoms with van der Waals surface area (Å²) in [6.45, 7) is 2.77. The first-order valence-corrected chi connectivity index (χ1v) is 11.0. The molecule has 0 spiro atoms. The van der Waals surface area contributed by atoms with Crippen molar-refractivity contribution >= 4 is 17.6 Å². The second-order valence-electron chi connectivity index (χ2n) is 7.40. The Labute approximate surface area is 192 Å². The fraction of sp³-hybridized carbons (Fsp3) is 0.320. The van der Waals surface area contributed by atoms with Crippen molar-refractivity contribution in [3.8, 4) is 39.6 Å². The Bertz CT molecular complexity index is 1170. The van der Waals surface area contributed by atoms with Gasteiger partial charge in [0.2, 0.25) is 0 Å². The van der Waals surface area contributed by atoms with Crippen molar-refractivity contribution < 1.29 is 23.7 Å². The average molecular weight is 456 g/mol. The molecule has 1 aliphatic heterocycles. The van der Waals surface area contributed by atoms with Crippen molar-refractivity contribution in [2.45, 2.75) is 25.8 Å². The molecule has 0 saturated heterocycles. The molecule has 0 atom stereocenters. The van der Waals surface area contributed by atoms with Crippen LogP contribution in [0.3, 0.4) is 0 Å². The third kappa shape index (κ3) is 3.58. The Morgan fingerprint density at radius 2 is 1.81 bits per heavy atom. The number of alkyl halides is 1. The van der Waals surface area contributed by atoms with Gasteiger partial charge >= 0.3 is 5.97 Å². The van der Waals surface area contributed by atoms with Gasteiger partial charge in [0.25, 0.3) is 0 Å². The molecule has 0 radical (unpaired) electrons. The molecule has 1 aliphatic rings. The number of ether oxygens (including phenoxy) is 4. The van der Waals surface area contributed by atoms with E-state index in [1.165, 1.54) is 0 Å². The third-order valence-electron chi connectivity index (χ3n) is 5.80. The van der Waals surface area contributed by atoms with Gasteiger partial charge in [-0.2, -0.15) is 0 Å². The average Bonchev–Trinajstić information content (AvgIpc) is 3.18. The van der Waals surface area contributed by atoms with Crippen LogP contribution < -0.4 is 14.2 Å². The lowest BCUT2D eigenvalue weighted by Gasteiger charge is -2.23. The minimum Gasteiger partial charge on any atom is -0.497 e. The minimum absolute atomic E-state index is 0.252. The van der Waals surface area contributed by atoms with Gasteiger partial charge in [0.15, 0.2) is 11.5 Å². The third-order valence-corrected chi connectivity index (χ3v) is 6.06. The quantitative estimate of drug-likeness (QED) is 0.356. The van der Waals surface area contributed by atoms with Gasteiger partial charge < -0.3 is 23.5 Å². The molecule has 0 bridgehead atoms. The summed E-state index contributed by atoms with van der Waals surface area (Å²) in [6.07, 6.45) is 0.779. The second-order valence-corrected chi connectivity index (χ2v) is 7.66. The zero-order chi connectivity index (χ0) is 22.8. The van der Waals surface area contributed by atoms with Gasteiger partial charge in [-0.15, -0.1) is 11.6 Å². The van der Waals surface area contributed by atoms with E-state index in [-0.39, 0.29) is 18.5 Å². The molecule has 0 amide bonds. The van der Waals surface area contributed by atoms with Gasteiger partial charge in [0.05, 0.1) is 45.1 Å². The van der Waals surface area contributed by atoms with E-state index in [1.54, 1.807) is 28.3 Å². The minimum atomic E-state index is -0.381. The van der Waals surface area contributed by atoms with E-state index in [4.69, 9.17) is 30.5 Å². The lowest BCUT2D eigenvalue weighted by Crippen LogP contribution is -2.15. The molecule has 0 aliphatic carbocycles. The van der Waals surface area contributed by atoms with Gasteiger partial charge in [0, 0.05) is 23.4 Å². The molecule has 0 fully saturated rings. The highest BCUT2D eigenvalue weighted by molar-refractivity contribution is 6.18. The lowest BCUT2D eigenvalue weighted by atomic mass is 9.93. The summed E-state index contributed by atoms with van der Waals surface area (Å²) >= 11 is 6.47. The highest BCUT2D eigenvalue weighted by atomic mass is 35.5. The van der Waals surface area contributed by atoms with Crippen LogP contribution in [-0.4, -0.2) is 38.5 Å². The molecule has 0 unspecified atom stereocenters. The largest absolute Gasteiger partial charge is 0.497 e. The number of hydrogen-bond acceptors (Lipinski definition) is 5. The Balaban J connectivity index is 2.06. The number of carbonyl (C=O) groups excluding carboxylic acids is 1. The number of fused-ring (bicyclic) bond motifs is 3. The number of nitrogens with zero attached hydrogens (tertiary/aromatic N) is 1. The SMILES string of the molecule is CCOC(=O)c1c(-c2cccc(OC)c2)c(CCl)n2c1-c1cc(OC)c(OC)cc1CC2. The molecule has 4 rings (SSSR count). The molecule has 32 heavy (non-hydrogen) atoms. The predicted octanol–water partition coefficient (Wildman–Crippen LogP) is 5.32. The zero-order valence-corrected chi connectivity index (χ0v) is 19.4. The molecule has 168 valence electrons. The summed E-state index contributed by atoms with van der Waals surface area (Å²) in [5.74, 6) is 1.84. The fourth-order valence-electron chi connectivity index (χ4n) is 4.41. The molecule has 2 aromatic carbocycles. The topological polar surface area (TPSA) is 58.9 Å². The van der Waals surface area contributed by atoms with E-state index < -0.39 is 0 Å². The number of methoxy groups -OCH3 is 3. The summed E-state index contributed by atoms with van der Waals surface area (Å²) in [6, 6.07) is 11.5. The fourth-order valence-corrected chi connectivity index (χ4v) is 4.68. The molecular formula is C25H26ClNO5. The van der Waals surface area contributed by atoms with E-state index >= 15 is 0 Å². The summed E-state index contributed by atoms with van der Waals surface area (Å²) in [5.41, 5.74) is 5.79. The first-order valence-electron chi connectivity index (χ1n) is 10.5. The number of aryl methyl sites for hydroxylation is 1. The van der Waals surface area contributed by atoms with Gasteiger partial charge in [-0.05, 0) is 48.7 Å². The van der Waals surface area contributed by atoms with Crippen molar-refractivity contribution in [2.24, 2.45) is 0 Å². The number of rotatable bonds is 7. The molecule has 3 aromatic rings. The molecule has 0 saturated carbocycles. The standard InChI is InChI=1S/C25H26ClNO5/c1-5-32-25(28)23-22(16-7-6-8-17(11-16)29-2)19(14-26)27-10-9-15-12-20(30-3)21(31-4)13-18(15)24(23)27/h6-8,11-13H,5,9-10,14H2,1-4H3. The maximum Gasteiger partial charge on any atom is 0.340 e. The van der Waals surface area contributed by atoms with E-state index in [0.717, 1.165) is 40.1 Å². The Kier molecular flexibility index (Phi) is 6.33. The molecular weight excluding hydrogens is 430 g/mol. The number of esters is 1. The summed E-state index contributed by atoms with van der Waals surface area (Å²) in [7, 11) is 4.84. The molecule has 2 heterocycles. The number of halogens is 1.